The van der Waals surface area contributed by atoms with Crippen LogP contribution in [0.4, 0.5) is 5.95 Å². The third kappa shape index (κ3) is 3.11. The van der Waals surface area contributed by atoms with Crippen molar-refractivity contribution in [3.8, 4) is 5.95 Å². The zero-order chi connectivity index (χ0) is 14.8. The maximum Gasteiger partial charge on any atom is 0.258 e. The first-order chi connectivity index (χ1) is 10.1. The van der Waals surface area contributed by atoms with Gasteiger partial charge < -0.3 is 9.80 Å². The third-order valence-corrected chi connectivity index (χ3v) is 3.59. The summed E-state index contributed by atoms with van der Waals surface area (Å²) in [6, 6.07) is 0.391. The molecule has 0 spiro atoms. The molecule has 2 aromatic heterocycles. The van der Waals surface area contributed by atoms with Gasteiger partial charge in [0.15, 0.2) is 0 Å². The molecule has 3 rings (SSSR count). The van der Waals surface area contributed by atoms with Gasteiger partial charge in [0.2, 0.25) is 11.2 Å². The minimum atomic E-state index is 0.168. The molecule has 112 valence electrons. The molecular formula is C12H17ClN8. The highest BCUT2D eigenvalue weighted by atomic mass is 35.5. The first-order valence-electron chi connectivity index (χ1n) is 6.81. The lowest BCUT2D eigenvalue weighted by Gasteiger charge is -2.27. The molecule has 0 aromatic carbocycles. The Hall–Kier alpha value is -1.80. The molecule has 0 N–H and O–H groups in total. The smallest absolute Gasteiger partial charge is 0.258 e. The molecule has 2 aromatic rings. The molecule has 21 heavy (non-hydrogen) atoms. The summed E-state index contributed by atoms with van der Waals surface area (Å²) in [5.41, 5.74) is 0. The number of likely N-dealkylation sites (N-methyl/N-ethyl adjacent to an activating group) is 1. The highest BCUT2D eigenvalue weighted by Crippen LogP contribution is 2.24. The van der Waals surface area contributed by atoms with Crippen LogP contribution in [0.3, 0.4) is 0 Å². The van der Waals surface area contributed by atoms with Gasteiger partial charge in [-0.1, -0.05) is 0 Å². The lowest BCUT2D eigenvalue weighted by atomic mass is 10.2. The summed E-state index contributed by atoms with van der Waals surface area (Å²) < 4.78 is 1.48. The highest BCUT2D eigenvalue weighted by molar-refractivity contribution is 6.28. The molecule has 1 fully saturated rings. The monoisotopic (exact) mass is 308 g/mol. The van der Waals surface area contributed by atoms with Crippen LogP contribution < -0.4 is 4.90 Å². The first-order valence-corrected chi connectivity index (χ1v) is 7.19. The third-order valence-electron chi connectivity index (χ3n) is 3.42. The van der Waals surface area contributed by atoms with Crippen LogP contribution in [0.15, 0.2) is 12.7 Å². The number of anilines is 1. The van der Waals surface area contributed by atoms with Gasteiger partial charge in [0.25, 0.3) is 5.95 Å². The minimum Gasteiger partial charge on any atom is -0.336 e. The molecule has 0 radical (unpaired) electrons. The van der Waals surface area contributed by atoms with E-state index in [-0.39, 0.29) is 5.28 Å². The van der Waals surface area contributed by atoms with Gasteiger partial charge in [-0.15, -0.1) is 0 Å². The van der Waals surface area contributed by atoms with Gasteiger partial charge in [0.05, 0.1) is 0 Å². The van der Waals surface area contributed by atoms with Gasteiger partial charge in [-0.05, 0) is 38.5 Å². The number of aromatic nitrogens is 6. The Bertz CT molecular complexity index is 599. The summed E-state index contributed by atoms with van der Waals surface area (Å²) in [5, 5.41) is 4.20. The van der Waals surface area contributed by atoms with Crippen molar-refractivity contribution >= 4 is 17.5 Å². The molecule has 0 bridgehead atoms. The second-order valence-electron chi connectivity index (χ2n) is 5.30. The van der Waals surface area contributed by atoms with Crippen LogP contribution in [0.1, 0.15) is 12.8 Å². The quantitative estimate of drug-likeness (QED) is 0.820. The van der Waals surface area contributed by atoms with E-state index in [4.69, 9.17) is 11.6 Å². The van der Waals surface area contributed by atoms with E-state index in [9.17, 15) is 0 Å². The molecule has 1 aliphatic rings. The molecule has 0 saturated carbocycles. The molecule has 1 aliphatic heterocycles. The van der Waals surface area contributed by atoms with E-state index in [0.717, 1.165) is 25.9 Å². The van der Waals surface area contributed by atoms with E-state index >= 15 is 0 Å². The summed E-state index contributed by atoms with van der Waals surface area (Å²) in [7, 11) is 4.13. The number of halogens is 1. The zero-order valence-electron chi connectivity index (χ0n) is 12.0. The minimum absolute atomic E-state index is 0.168. The summed E-state index contributed by atoms with van der Waals surface area (Å²) in [6.07, 6.45) is 5.22. The topological polar surface area (TPSA) is 75.9 Å². The molecule has 9 heteroatoms. The Kier molecular flexibility index (Phi) is 3.98. The first kappa shape index (κ1) is 14.2. The number of hydrogen-bond donors (Lipinski definition) is 0. The maximum absolute atomic E-state index is 6.04. The average Bonchev–Trinajstić information content (AvgIpc) is 3.07. The number of rotatable bonds is 4. The molecular weight excluding hydrogens is 292 g/mol. The average molecular weight is 309 g/mol. The zero-order valence-corrected chi connectivity index (χ0v) is 12.8. The molecule has 0 amide bonds. The van der Waals surface area contributed by atoms with Crippen molar-refractivity contribution < 1.29 is 0 Å². The van der Waals surface area contributed by atoms with Gasteiger partial charge >= 0.3 is 0 Å². The van der Waals surface area contributed by atoms with E-state index in [2.05, 4.69) is 48.9 Å². The SMILES string of the molecule is CN(C)CC1CCCN1c1nc(Cl)nc(-n2cncn2)n1. The van der Waals surface area contributed by atoms with Crippen molar-refractivity contribution in [2.45, 2.75) is 18.9 Å². The van der Waals surface area contributed by atoms with E-state index in [1.165, 1.54) is 17.3 Å². The fraction of sp³-hybridized carbons (Fsp3) is 0.583. The Morgan fingerprint density at radius 1 is 1.29 bits per heavy atom. The molecule has 3 heterocycles. The predicted molar refractivity (Wildman–Crippen MR) is 78.7 cm³/mol. The van der Waals surface area contributed by atoms with Gasteiger partial charge in [-0.25, -0.2) is 4.98 Å². The van der Waals surface area contributed by atoms with Crippen LogP contribution in [0.2, 0.25) is 5.28 Å². The molecule has 1 unspecified atom stereocenters. The van der Waals surface area contributed by atoms with Crippen LogP contribution >= 0.6 is 11.6 Å². The predicted octanol–water partition coefficient (Wildman–Crippen LogP) is 0.636. The van der Waals surface area contributed by atoms with Crippen LogP contribution in [0.5, 0.6) is 0 Å². The summed E-state index contributed by atoms with van der Waals surface area (Å²) in [5.74, 6) is 0.989. The van der Waals surface area contributed by atoms with Crippen LogP contribution in [-0.2, 0) is 0 Å². The van der Waals surface area contributed by atoms with Crippen molar-refractivity contribution in [2.24, 2.45) is 0 Å². The van der Waals surface area contributed by atoms with Crippen molar-refractivity contribution in [1.82, 2.24) is 34.6 Å². The lowest BCUT2D eigenvalue weighted by Crippen LogP contribution is -2.38. The van der Waals surface area contributed by atoms with Crippen molar-refractivity contribution in [1.29, 1.82) is 0 Å². The standard InChI is InChI=1S/C12H17ClN8/c1-19(2)6-9-4-3-5-20(9)11-16-10(13)17-12(18-11)21-8-14-7-15-21/h7-9H,3-6H2,1-2H3. The molecule has 1 saturated heterocycles. The van der Waals surface area contributed by atoms with Gasteiger partial charge in [0, 0.05) is 19.1 Å². The number of hydrogen-bond acceptors (Lipinski definition) is 7. The maximum atomic E-state index is 6.04. The fourth-order valence-electron chi connectivity index (χ4n) is 2.58. The molecule has 8 nitrogen and oxygen atoms in total. The van der Waals surface area contributed by atoms with Crippen molar-refractivity contribution in [3.63, 3.8) is 0 Å². The van der Waals surface area contributed by atoms with Crippen molar-refractivity contribution in [3.05, 3.63) is 17.9 Å². The van der Waals surface area contributed by atoms with Crippen LogP contribution in [-0.4, -0.2) is 67.8 Å². The Balaban J connectivity index is 1.91. The summed E-state index contributed by atoms with van der Waals surface area (Å²) in [6.45, 7) is 1.89. The van der Waals surface area contributed by atoms with E-state index in [0.29, 0.717) is 17.9 Å². The van der Waals surface area contributed by atoms with Gasteiger partial charge in [0.1, 0.15) is 12.7 Å². The molecule has 0 aliphatic carbocycles. The van der Waals surface area contributed by atoms with Crippen LogP contribution in [0, 0.1) is 0 Å². The Morgan fingerprint density at radius 3 is 2.81 bits per heavy atom. The largest absolute Gasteiger partial charge is 0.336 e. The second kappa shape index (κ2) is 5.90. The van der Waals surface area contributed by atoms with Crippen molar-refractivity contribution in [2.75, 3.05) is 32.1 Å². The number of nitrogens with zero attached hydrogens (tertiary/aromatic N) is 8. The van der Waals surface area contributed by atoms with Gasteiger partial charge in [-0.2, -0.15) is 24.7 Å². The van der Waals surface area contributed by atoms with E-state index in [1.807, 2.05) is 0 Å². The van der Waals surface area contributed by atoms with Crippen LogP contribution in [0.25, 0.3) is 5.95 Å². The highest BCUT2D eigenvalue weighted by Gasteiger charge is 2.28. The summed E-state index contributed by atoms with van der Waals surface area (Å²) >= 11 is 6.04. The lowest BCUT2D eigenvalue weighted by molar-refractivity contribution is 0.370. The Morgan fingerprint density at radius 2 is 2.10 bits per heavy atom. The van der Waals surface area contributed by atoms with E-state index in [1.54, 1.807) is 0 Å². The fourth-order valence-corrected chi connectivity index (χ4v) is 2.73. The Labute approximate surface area is 127 Å². The summed E-state index contributed by atoms with van der Waals surface area (Å²) in [4.78, 5) is 21.1. The van der Waals surface area contributed by atoms with E-state index < -0.39 is 0 Å². The second-order valence-corrected chi connectivity index (χ2v) is 5.63. The van der Waals surface area contributed by atoms with Gasteiger partial charge in [-0.3, -0.25) is 0 Å². The molecule has 1 atom stereocenters. The normalized spacial score (nSPS) is 18.7.